The van der Waals surface area contributed by atoms with Crippen molar-refractivity contribution in [2.45, 2.75) is 11.8 Å². The Bertz CT molecular complexity index is 895. The largest absolute Gasteiger partial charge is 0.545 e. The van der Waals surface area contributed by atoms with Gasteiger partial charge in [-0.05, 0) is 42.5 Å². The summed E-state index contributed by atoms with van der Waals surface area (Å²) in [5, 5.41) is 13.4. The van der Waals surface area contributed by atoms with Gasteiger partial charge in [-0.3, -0.25) is 9.52 Å². The molecule has 0 saturated carbocycles. The van der Waals surface area contributed by atoms with Crippen LogP contribution in [-0.2, 0) is 14.8 Å². The Kier molecular flexibility index (Phi) is 5.10. The zero-order valence-corrected chi connectivity index (χ0v) is 13.9. The first-order chi connectivity index (χ1) is 11.2. The van der Waals surface area contributed by atoms with E-state index >= 15 is 0 Å². The monoisotopic (exact) mass is 367 g/mol. The molecule has 2 aromatic rings. The van der Waals surface area contributed by atoms with E-state index < -0.39 is 21.6 Å². The standard InChI is InChI=1S/C15H13ClN2O5S/c1-9(19)17-10-2-4-11(5-3-10)18-24(22,23)12-6-7-14(16)13(8-12)15(20)21/h2-8,18H,1H3,(H,17,19)(H,20,21)/p-1. The number of hydrogen-bond acceptors (Lipinski definition) is 5. The van der Waals surface area contributed by atoms with Crippen LogP contribution < -0.4 is 15.1 Å². The third kappa shape index (κ3) is 4.24. The van der Waals surface area contributed by atoms with E-state index in [4.69, 9.17) is 11.6 Å². The highest BCUT2D eigenvalue weighted by molar-refractivity contribution is 7.92. The number of rotatable bonds is 5. The predicted octanol–water partition coefficient (Wildman–Crippen LogP) is 1.46. The van der Waals surface area contributed by atoms with E-state index in [0.717, 1.165) is 6.07 Å². The third-order valence-electron chi connectivity index (χ3n) is 2.93. The Balaban J connectivity index is 2.27. The van der Waals surface area contributed by atoms with Crippen molar-refractivity contribution in [1.82, 2.24) is 0 Å². The van der Waals surface area contributed by atoms with E-state index in [0.29, 0.717) is 5.69 Å². The number of aromatic carboxylic acids is 1. The fourth-order valence-corrected chi connectivity index (χ4v) is 3.15. The molecular formula is C15H12ClN2O5S-. The summed E-state index contributed by atoms with van der Waals surface area (Å²) >= 11 is 5.69. The molecule has 0 heterocycles. The van der Waals surface area contributed by atoms with E-state index in [1.54, 1.807) is 0 Å². The number of carbonyl (C=O) groups excluding carboxylic acids is 2. The van der Waals surface area contributed by atoms with Crippen LogP contribution in [0.2, 0.25) is 5.02 Å². The van der Waals surface area contributed by atoms with Crippen LogP contribution in [0.1, 0.15) is 17.3 Å². The lowest BCUT2D eigenvalue weighted by Crippen LogP contribution is -2.23. The van der Waals surface area contributed by atoms with Crippen molar-refractivity contribution in [2.75, 3.05) is 10.0 Å². The van der Waals surface area contributed by atoms with Crippen LogP contribution in [0.15, 0.2) is 47.4 Å². The molecule has 126 valence electrons. The third-order valence-corrected chi connectivity index (χ3v) is 4.63. The summed E-state index contributed by atoms with van der Waals surface area (Å²) in [4.78, 5) is 21.6. The molecule has 0 unspecified atom stereocenters. The van der Waals surface area contributed by atoms with Gasteiger partial charge in [0.2, 0.25) is 5.91 Å². The van der Waals surface area contributed by atoms with Gasteiger partial charge in [0, 0.05) is 28.9 Å². The lowest BCUT2D eigenvalue weighted by atomic mass is 10.2. The minimum absolute atomic E-state index is 0.117. The summed E-state index contributed by atoms with van der Waals surface area (Å²) in [6.07, 6.45) is 0. The van der Waals surface area contributed by atoms with Crippen LogP contribution >= 0.6 is 11.6 Å². The molecule has 0 atom stereocenters. The summed E-state index contributed by atoms with van der Waals surface area (Å²) < 4.78 is 26.9. The maximum absolute atomic E-state index is 12.3. The predicted molar refractivity (Wildman–Crippen MR) is 87.3 cm³/mol. The highest BCUT2D eigenvalue weighted by Crippen LogP contribution is 2.23. The molecule has 2 aromatic carbocycles. The van der Waals surface area contributed by atoms with Gasteiger partial charge in [-0.15, -0.1) is 0 Å². The smallest absolute Gasteiger partial charge is 0.261 e. The number of sulfonamides is 1. The van der Waals surface area contributed by atoms with Gasteiger partial charge in [-0.1, -0.05) is 11.6 Å². The summed E-state index contributed by atoms with van der Waals surface area (Å²) in [5.41, 5.74) is 0.339. The minimum Gasteiger partial charge on any atom is -0.545 e. The van der Waals surface area contributed by atoms with Crippen LogP contribution in [0, 0.1) is 0 Å². The molecule has 0 aromatic heterocycles. The number of carbonyl (C=O) groups is 2. The van der Waals surface area contributed by atoms with E-state index in [9.17, 15) is 23.1 Å². The molecule has 0 fully saturated rings. The normalized spacial score (nSPS) is 10.9. The van der Waals surface area contributed by atoms with Gasteiger partial charge in [0.15, 0.2) is 0 Å². The quantitative estimate of drug-likeness (QED) is 0.830. The molecule has 0 aliphatic carbocycles. The number of carboxylic acid groups (broad SMARTS) is 1. The average molecular weight is 368 g/mol. The molecule has 9 heteroatoms. The number of anilines is 2. The number of hydrogen-bond donors (Lipinski definition) is 2. The van der Waals surface area contributed by atoms with Gasteiger partial charge >= 0.3 is 0 Å². The Morgan fingerprint density at radius 1 is 1.04 bits per heavy atom. The maximum Gasteiger partial charge on any atom is 0.261 e. The lowest BCUT2D eigenvalue weighted by Gasteiger charge is -2.11. The molecule has 2 N–H and O–H groups in total. The number of halogens is 1. The highest BCUT2D eigenvalue weighted by Gasteiger charge is 2.16. The van der Waals surface area contributed by atoms with Crippen molar-refractivity contribution >= 4 is 44.9 Å². The van der Waals surface area contributed by atoms with Gasteiger partial charge in [-0.2, -0.15) is 0 Å². The van der Waals surface area contributed by atoms with Gasteiger partial charge < -0.3 is 15.2 Å². The SMILES string of the molecule is CC(=O)Nc1ccc(NS(=O)(=O)c2ccc(Cl)c(C(=O)[O-])c2)cc1. The Morgan fingerprint density at radius 2 is 1.62 bits per heavy atom. The molecule has 0 aliphatic rings. The molecule has 2 rings (SSSR count). The Morgan fingerprint density at radius 3 is 2.17 bits per heavy atom. The molecule has 0 saturated heterocycles. The second-order valence-electron chi connectivity index (χ2n) is 4.79. The molecule has 1 amide bonds. The van der Waals surface area contributed by atoms with Gasteiger partial charge in [0.1, 0.15) is 0 Å². The topological polar surface area (TPSA) is 115 Å². The molecule has 0 spiro atoms. The van der Waals surface area contributed by atoms with Gasteiger partial charge in [0.05, 0.1) is 10.9 Å². The fraction of sp³-hybridized carbons (Fsp3) is 0.0667. The maximum atomic E-state index is 12.3. The van der Waals surface area contributed by atoms with Crippen LogP contribution in [0.3, 0.4) is 0 Å². The highest BCUT2D eigenvalue weighted by atomic mass is 35.5. The second-order valence-corrected chi connectivity index (χ2v) is 6.88. The molecule has 0 aliphatic heterocycles. The number of benzene rings is 2. The van der Waals surface area contributed by atoms with Crippen LogP contribution in [0.4, 0.5) is 11.4 Å². The number of nitrogens with one attached hydrogen (secondary N) is 2. The summed E-state index contributed by atoms with van der Waals surface area (Å²) in [7, 11) is -4.01. The second kappa shape index (κ2) is 6.90. The molecule has 7 nitrogen and oxygen atoms in total. The summed E-state index contributed by atoms with van der Waals surface area (Å²) in [6, 6.07) is 9.23. The molecule has 24 heavy (non-hydrogen) atoms. The van der Waals surface area contributed by atoms with Gasteiger partial charge in [-0.25, -0.2) is 8.42 Å². The summed E-state index contributed by atoms with van der Waals surface area (Å²) in [6.45, 7) is 1.35. The fourth-order valence-electron chi connectivity index (χ4n) is 1.87. The zero-order valence-electron chi connectivity index (χ0n) is 12.4. The van der Waals surface area contributed by atoms with Crippen molar-refractivity contribution in [3.8, 4) is 0 Å². The first-order valence-electron chi connectivity index (χ1n) is 6.60. The van der Waals surface area contributed by atoms with Crippen LogP contribution in [0.5, 0.6) is 0 Å². The van der Waals surface area contributed by atoms with E-state index in [1.165, 1.54) is 43.3 Å². The van der Waals surface area contributed by atoms with Crippen molar-refractivity contribution in [2.24, 2.45) is 0 Å². The molecular weight excluding hydrogens is 356 g/mol. The van der Waals surface area contributed by atoms with E-state index in [2.05, 4.69) is 10.0 Å². The van der Waals surface area contributed by atoms with E-state index in [1.807, 2.05) is 0 Å². The average Bonchev–Trinajstić information content (AvgIpc) is 2.48. The van der Waals surface area contributed by atoms with E-state index in [-0.39, 0.29) is 21.5 Å². The molecule has 0 radical (unpaired) electrons. The van der Waals surface area contributed by atoms with Gasteiger partial charge in [0.25, 0.3) is 10.0 Å². The van der Waals surface area contributed by atoms with Crippen molar-refractivity contribution < 1.29 is 23.1 Å². The zero-order chi connectivity index (χ0) is 17.9. The van der Waals surface area contributed by atoms with Crippen molar-refractivity contribution in [3.05, 3.63) is 53.1 Å². The Hall–Kier alpha value is -2.58. The summed E-state index contributed by atoms with van der Waals surface area (Å²) in [5.74, 6) is -1.82. The first kappa shape index (κ1) is 17.8. The van der Waals surface area contributed by atoms with Crippen LogP contribution in [-0.4, -0.2) is 20.3 Å². The van der Waals surface area contributed by atoms with Crippen molar-refractivity contribution in [3.63, 3.8) is 0 Å². The Labute approximate surface area is 143 Å². The number of carboxylic acids is 1. The van der Waals surface area contributed by atoms with Crippen LogP contribution in [0.25, 0.3) is 0 Å². The minimum atomic E-state index is -4.01. The number of amides is 1. The first-order valence-corrected chi connectivity index (χ1v) is 8.46. The lowest BCUT2D eigenvalue weighted by molar-refractivity contribution is -0.255. The van der Waals surface area contributed by atoms with Crippen molar-refractivity contribution in [1.29, 1.82) is 0 Å². The molecule has 0 bridgehead atoms.